The predicted molar refractivity (Wildman–Crippen MR) is 136 cm³/mol. The summed E-state index contributed by atoms with van der Waals surface area (Å²) in [7, 11) is 1.70. The molecular formula is C26H30N4O3S. The lowest BCUT2D eigenvalue weighted by atomic mass is 9.94. The third-order valence-corrected chi connectivity index (χ3v) is 6.16. The first-order valence-corrected chi connectivity index (χ1v) is 11.8. The minimum Gasteiger partial charge on any atom is -0.494 e. The molecule has 1 N–H and O–H groups in total. The van der Waals surface area contributed by atoms with E-state index < -0.39 is 0 Å². The summed E-state index contributed by atoms with van der Waals surface area (Å²) in [5.41, 5.74) is 5.05. The van der Waals surface area contributed by atoms with Gasteiger partial charge in [-0.05, 0) is 69.2 Å². The predicted octanol–water partition coefficient (Wildman–Crippen LogP) is 5.14. The smallest absolute Gasteiger partial charge is 0.258 e. The molecule has 1 aliphatic rings. The molecule has 34 heavy (non-hydrogen) atoms. The molecule has 4 rings (SSSR count). The van der Waals surface area contributed by atoms with Crippen molar-refractivity contribution in [1.29, 1.82) is 0 Å². The summed E-state index contributed by atoms with van der Waals surface area (Å²) >= 11 is 5.74. The first-order valence-electron chi connectivity index (χ1n) is 11.4. The van der Waals surface area contributed by atoms with Gasteiger partial charge in [0.05, 0.1) is 18.2 Å². The number of allylic oxidation sites excluding steroid dienone is 1. The van der Waals surface area contributed by atoms with Gasteiger partial charge in [-0.1, -0.05) is 35.0 Å². The summed E-state index contributed by atoms with van der Waals surface area (Å²) in [6.45, 7) is 8.10. The maximum Gasteiger partial charge on any atom is 0.258 e. The van der Waals surface area contributed by atoms with E-state index in [-0.39, 0.29) is 6.04 Å². The number of nitrogens with zero attached hydrogens (tertiary/aromatic N) is 3. The molecule has 1 unspecified atom stereocenters. The first kappa shape index (κ1) is 23.9. The molecule has 0 radical (unpaired) electrons. The summed E-state index contributed by atoms with van der Waals surface area (Å²) in [6.07, 6.45) is 0.847. The Bertz CT molecular complexity index is 1160. The van der Waals surface area contributed by atoms with Crippen LogP contribution in [0, 0.1) is 6.92 Å². The molecule has 2 aromatic carbocycles. The highest BCUT2D eigenvalue weighted by Crippen LogP contribution is 2.37. The highest BCUT2D eigenvalue weighted by atomic mass is 32.1. The summed E-state index contributed by atoms with van der Waals surface area (Å²) in [5.74, 6) is 1.81. The Hall–Kier alpha value is -3.23. The number of hydrogen-bond acceptors (Lipinski definition) is 6. The molecule has 0 fully saturated rings. The van der Waals surface area contributed by atoms with Gasteiger partial charge in [0.1, 0.15) is 5.75 Å². The van der Waals surface area contributed by atoms with Crippen molar-refractivity contribution in [2.24, 2.45) is 0 Å². The van der Waals surface area contributed by atoms with E-state index in [1.54, 1.807) is 7.11 Å². The number of aromatic nitrogens is 2. The van der Waals surface area contributed by atoms with Gasteiger partial charge >= 0.3 is 0 Å². The van der Waals surface area contributed by atoms with Crippen LogP contribution < -0.4 is 10.1 Å². The Morgan fingerprint density at radius 2 is 1.82 bits per heavy atom. The van der Waals surface area contributed by atoms with Crippen LogP contribution in [-0.2, 0) is 4.74 Å². The molecular weight excluding hydrogens is 448 g/mol. The van der Waals surface area contributed by atoms with E-state index in [0.717, 1.165) is 41.1 Å². The molecule has 3 aromatic rings. The third-order valence-electron chi connectivity index (χ3n) is 5.82. The van der Waals surface area contributed by atoms with Crippen molar-refractivity contribution in [2.75, 3.05) is 26.9 Å². The summed E-state index contributed by atoms with van der Waals surface area (Å²) in [4.78, 5) is 6.85. The van der Waals surface area contributed by atoms with E-state index in [0.29, 0.717) is 30.0 Å². The minimum absolute atomic E-state index is 0.194. The van der Waals surface area contributed by atoms with Gasteiger partial charge in [0.15, 0.2) is 5.11 Å². The highest BCUT2D eigenvalue weighted by Gasteiger charge is 2.33. The number of ether oxygens (including phenoxy) is 2. The normalized spacial score (nSPS) is 16.1. The van der Waals surface area contributed by atoms with E-state index in [9.17, 15) is 0 Å². The maximum atomic E-state index is 5.81. The minimum atomic E-state index is -0.194. The van der Waals surface area contributed by atoms with Crippen LogP contribution in [-0.4, -0.2) is 47.0 Å². The van der Waals surface area contributed by atoms with Gasteiger partial charge < -0.3 is 24.2 Å². The van der Waals surface area contributed by atoms with Gasteiger partial charge in [-0.25, -0.2) is 0 Å². The second-order valence-corrected chi connectivity index (χ2v) is 8.56. The zero-order valence-corrected chi connectivity index (χ0v) is 20.8. The molecule has 0 spiro atoms. The number of aryl methyl sites for hydroxylation is 1. The van der Waals surface area contributed by atoms with E-state index in [1.165, 1.54) is 5.56 Å². The van der Waals surface area contributed by atoms with E-state index >= 15 is 0 Å². The fraction of sp³-hybridized carbons (Fsp3) is 0.346. The molecule has 7 nitrogen and oxygen atoms in total. The highest BCUT2D eigenvalue weighted by molar-refractivity contribution is 7.80. The molecule has 1 aromatic heterocycles. The summed E-state index contributed by atoms with van der Waals surface area (Å²) in [5, 5.41) is 8.44. The van der Waals surface area contributed by atoms with Crippen LogP contribution in [0.4, 0.5) is 0 Å². The van der Waals surface area contributed by atoms with E-state index in [2.05, 4.69) is 53.5 Å². The zero-order valence-electron chi connectivity index (χ0n) is 20.0. The van der Waals surface area contributed by atoms with Crippen LogP contribution in [0.3, 0.4) is 0 Å². The van der Waals surface area contributed by atoms with E-state index in [1.807, 2.05) is 31.2 Å². The van der Waals surface area contributed by atoms with Crippen LogP contribution in [0.2, 0.25) is 0 Å². The van der Waals surface area contributed by atoms with Crippen molar-refractivity contribution in [3.63, 3.8) is 0 Å². The van der Waals surface area contributed by atoms with Crippen molar-refractivity contribution in [3.05, 3.63) is 71.2 Å². The van der Waals surface area contributed by atoms with Gasteiger partial charge in [0.2, 0.25) is 5.82 Å². The molecule has 1 atom stereocenters. The van der Waals surface area contributed by atoms with Crippen LogP contribution in [0.15, 0.2) is 58.8 Å². The molecule has 0 saturated carbocycles. The van der Waals surface area contributed by atoms with Crippen LogP contribution in [0.5, 0.6) is 5.75 Å². The van der Waals surface area contributed by atoms with Gasteiger partial charge in [0.25, 0.3) is 5.89 Å². The van der Waals surface area contributed by atoms with Crippen LogP contribution >= 0.6 is 12.2 Å². The van der Waals surface area contributed by atoms with Crippen LogP contribution in [0.1, 0.15) is 43.3 Å². The second-order valence-electron chi connectivity index (χ2n) is 8.17. The summed E-state index contributed by atoms with van der Waals surface area (Å²) < 4.78 is 16.6. The standard InChI is InChI=1S/C26H30N4O3S/c1-5-32-21-13-11-20(12-14-21)24-28-25(33-29-24)22-18(3)30(15-6-16-31-4)26(34)27-23(22)19-9-7-17(2)8-10-19/h7-14,23H,5-6,15-16H2,1-4H3,(H,27,34). The Kier molecular flexibility index (Phi) is 7.59. The van der Waals surface area contributed by atoms with Crippen molar-refractivity contribution in [3.8, 4) is 17.1 Å². The molecule has 1 aliphatic heterocycles. The SMILES string of the molecule is CCOc1ccc(-c2noc(C3=C(C)N(CCCOC)C(=S)NC3c3ccc(C)cc3)n2)cc1. The molecule has 2 heterocycles. The Morgan fingerprint density at radius 3 is 2.50 bits per heavy atom. The third kappa shape index (κ3) is 5.13. The van der Waals surface area contributed by atoms with Crippen molar-refractivity contribution in [1.82, 2.24) is 20.4 Å². The van der Waals surface area contributed by atoms with Crippen molar-refractivity contribution < 1.29 is 14.0 Å². The van der Waals surface area contributed by atoms with Gasteiger partial charge in [-0.3, -0.25) is 0 Å². The van der Waals surface area contributed by atoms with Gasteiger partial charge in [0, 0.05) is 31.5 Å². The van der Waals surface area contributed by atoms with Crippen molar-refractivity contribution >= 4 is 22.9 Å². The lowest BCUT2D eigenvalue weighted by Crippen LogP contribution is -2.46. The quantitative estimate of drug-likeness (QED) is 0.335. The van der Waals surface area contributed by atoms with Gasteiger partial charge in [-0.15, -0.1) is 0 Å². The Labute approximate surface area is 205 Å². The topological polar surface area (TPSA) is 72.7 Å². The lowest BCUT2D eigenvalue weighted by Gasteiger charge is -2.37. The largest absolute Gasteiger partial charge is 0.494 e. The fourth-order valence-corrected chi connectivity index (χ4v) is 4.37. The number of nitrogens with one attached hydrogen (secondary N) is 1. The number of benzene rings is 2. The molecule has 0 saturated heterocycles. The maximum absolute atomic E-state index is 5.81. The Balaban J connectivity index is 1.72. The molecule has 0 aliphatic carbocycles. The number of thiocarbonyl (C=S) groups is 1. The molecule has 0 bridgehead atoms. The Morgan fingerprint density at radius 1 is 1.09 bits per heavy atom. The number of rotatable bonds is 9. The van der Waals surface area contributed by atoms with Crippen LogP contribution in [0.25, 0.3) is 17.0 Å². The molecule has 8 heteroatoms. The van der Waals surface area contributed by atoms with Gasteiger partial charge in [-0.2, -0.15) is 4.98 Å². The average molecular weight is 479 g/mol. The summed E-state index contributed by atoms with van der Waals surface area (Å²) in [6, 6.07) is 15.9. The first-order chi connectivity index (χ1) is 16.5. The lowest BCUT2D eigenvalue weighted by molar-refractivity contribution is 0.188. The van der Waals surface area contributed by atoms with E-state index in [4.69, 9.17) is 31.2 Å². The van der Waals surface area contributed by atoms with Crippen molar-refractivity contribution in [2.45, 2.75) is 33.2 Å². The molecule has 178 valence electrons. The number of hydrogen-bond donors (Lipinski definition) is 1. The number of methoxy groups -OCH3 is 1. The second kappa shape index (κ2) is 10.8. The fourth-order valence-electron chi connectivity index (χ4n) is 4.02. The zero-order chi connectivity index (χ0) is 24.1. The average Bonchev–Trinajstić information content (AvgIpc) is 3.32. The monoisotopic (exact) mass is 478 g/mol. The molecule has 0 amide bonds.